The molecular formula is C14H29F3N2. The number of hydrogen-bond donors (Lipinski definition) is 1. The van der Waals surface area contributed by atoms with E-state index in [0.717, 1.165) is 32.2 Å². The molecule has 0 heterocycles. The molecule has 0 rings (SSSR count). The number of nitrogens with one attached hydrogen (secondary N) is 1. The van der Waals surface area contributed by atoms with E-state index in [0.29, 0.717) is 12.6 Å². The molecule has 5 heteroatoms. The fraction of sp³-hybridized carbons (Fsp3) is 1.00. The van der Waals surface area contributed by atoms with Gasteiger partial charge in [-0.1, -0.05) is 13.3 Å². The number of hydrogen-bond acceptors (Lipinski definition) is 2. The molecule has 116 valence electrons. The lowest BCUT2D eigenvalue weighted by Gasteiger charge is -2.27. The number of nitrogens with zero attached hydrogens (tertiary/aromatic N) is 1. The first kappa shape index (κ1) is 18.7. The zero-order valence-corrected chi connectivity index (χ0v) is 12.7. The van der Waals surface area contributed by atoms with Crippen LogP contribution in [0.3, 0.4) is 0 Å². The van der Waals surface area contributed by atoms with Crippen molar-refractivity contribution in [2.75, 3.05) is 19.6 Å². The lowest BCUT2D eigenvalue weighted by molar-refractivity contribution is -0.149. The number of alkyl halides is 3. The summed E-state index contributed by atoms with van der Waals surface area (Å²) in [4.78, 5) is 1.50. The fourth-order valence-corrected chi connectivity index (χ4v) is 2.01. The third kappa shape index (κ3) is 11.3. The van der Waals surface area contributed by atoms with Crippen LogP contribution in [0.15, 0.2) is 0 Å². The molecule has 0 saturated carbocycles. The van der Waals surface area contributed by atoms with Gasteiger partial charge in [0.1, 0.15) is 0 Å². The molecular weight excluding hydrogens is 253 g/mol. The van der Waals surface area contributed by atoms with Crippen molar-refractivity contribution in [1.82, 2.24) is 10.2 Å². The van der Waals surface area contributed by atoms with Crippen molar-refractivity contribution in [3.05, 3.63) is 0 Å². The van der Waals surface area contributed by atoms with Gasteiger partial charge in [-0.05, 0) is 53.1 Å². The second-order valence-electron chi connectivity index (χ2n) is 5.53. The number of rotatable bonds is 10. The monoisotopic (exact) mass is 282 g/mol. The summed E-state index contributed by atoms with van der Waals surface area (Å²) in [7, 11) is 0. The third-order valence-electron chi connectivity index (χ3n) is 3.19. The zero-order chi connectivity index (χ0) is 14.9. The van der Waals surface area contributed by atoms with Crippen LogP contribution in [0.4, 0.5) is 13.2 Å². The molecule has 19 heavy (non-hydrogen) atoms. The first-order chi connectivity index (χ1) is 8.76. The molecule has 0 aliphatic heterocycles. The molecule has 1 unspecified atom stereocenters. The maximum Gasteiger partial charge on any atom is 0.401 e. The Morgan fingerprint density at radius 2 is 1.74 bits per heavy atom. The van der Waals surface area contributed by atoms with Crippen molar-refractivity contribution in [2.45, 2.75) is 71.6 Å². The van der Waals surface area contributed by atoms with Gasteiger partial charge in [-0.2, -0.15) is 13.2 Å². The van der Waals surface area contributed by atoms with E-state index in [1.807, 2.05) is 13.8 Å². The van der Waals surface area contributed by atoms with Crippen molar-refractivity contribution in [3.63, 3.8) is 0 Å². The maximum atomic E-state index is 12.4. The van der Waals surface area contributed by atoms with Crippen molar-refractivity contribution in [1.29, 1.82) is 0 Å². The average molecular weight is 282 g/mol. The van der Waals surface area contributed by atoms with Gasteiger partial charge in [0.15, 0.2) is 0 Å². The second-order valence-corrected chi connectivity index (χ2v) is 5.53. The molecule has 1 N–H and O–H groups in total. The van der Waals surface area contributed by atoms with Crippen LogP contribution >= 0.6 is 0 Å². The highest BCUT2D eigenvalue weighted by Crippen LogP contribution is 2.18. The molecule has 0 aliphatic carbocycles. The Morgan fingerprint density at radius 3 is 2.21 bits per heavy atom. The molecule has 2 nitrogen and oxygen atoms in total. The Kier molecular flexibility index (Phi) is 9.44. The summed E-state index contributed by atoms with van der Waals surface area (Å²) in [5.74, 6) is 0. The second kappa shape index (κ2) is 9.59. The molecule has 0 saturated heterocycles. The van der Waals surface area contributed by atoms with Gasteiger partial charge in [-0.25, -0.2) is 0 Å². The Hall–Kier alpha value is -0.290. The molecule has 0 bridgehead atoms. The summed E-state index contributed by atoms with van der Waals surface area (Å²) in [6.07, 6.45) is -0.166. The van der Waals surface area contributed by atoms with Crippen LogP contribution in [0.2, 0.25) is 0 Å². The van der Waals surface area contributed by atoms with Crippen LogP contribution < -0.4 is 5.32 Å². The Balaban J connectivity index is 3.82. The van der Waals surface area contributed by atoms with Crippen molar-refractivity contribution >= 4 is 0 Å². The highest BCUT2D eigenvalue weighted by molar-refractivity contribution is 4.68. The molecule has 0 amide bonds. The van der Waals surface area contributed by atoms with E-state index in [9.17, 15) is 13.2 Å². The average Bonchev–Trinajstić information content (AvgIpc) is 2.28. The predicted octanol–water partition coefficient (Wildman–Crippen LogP) is 3.82. The third-order valence-corrected chi connectivity index (χ3v) is 3.19. The van der Waals surface area contributed by atoms with Gasteiger partial charge in [0.25, 0.3) is 0 Å². The minimum atomic E-state index is -4.10. The van der Waals surface area contributed by atoms with E-state index < -0.39 is 12.7 Å². The minimum Gasteiger partial charge on any atom is -0.314 e. The SMILES string of the molecule is CCCNC(C)CCCCN(CC(F)(F)F)C(C)C. The van der Waals surface area contributed by atoms with Crippen LogP contribution in [0.1, 0.15) is 53.4 Å². The van der Waals surface area contributed by atoms with Crippen LogP contribution in [-0.2, 0) is 0 Å². The normalized spacial score (nSPS) is 14.4. The highest BCUT2D eigenvalue weighted by atomic mass is 19.4. The Bertz CT molecular complexity index is 217. The topological polar surface area (TPSA) is 15.3 Å². The van der Waals surface area contributed by atoms with E-state index in [4.69, 9.17) is 0 Å². The Morgan fingerprint density at radius 1 is 1.11 bits per heavy atom. The van der Waals surface area contributed by atoms with E-state index in [1.54, 1.807) is 0 Å². The molecule has 0 aromatic heterocycles. The van der Waals surface area contributed by atoms with Crippen LogP contribution in [0.5, 0.6) is 0 Å². The first-order valence-corrected chi connectivity index (χ1v) is 7.30. The van der Waals surface area contributed by atoms with Gasteiger partial charge in [-0.3, -0.25) is 4.90 Å². The molecule has 0 aliphatic rings. The van der Waals surface area contributed by atoms with Crippen LogP contribution in [0, 0.1) is 0 Å². The van der Waals surface area contributed by atoms with Gasteiger partial charge in [0, 0.05) is 12.1 Å². The van der Waals surface area contributed by atoms with E-state index >= 15 is 0 Å². The predicted molar refractivity (Wildman–Crippen MR) is 74.4 cm³/mol. The largest absolute Gasteiger partial charge is 0.401 e. The molecule has 0 radical (unpaired) electrons. The summed E-state index contributed by atoms with van der Waals surface area (Å²) in [5, 5.41) is 3.39. The molecule has 0 aromatic carbocycles. The van der Waals surface area contributed by atoms with Gasteiger partial charge in [-0.15, -0.1) is 0 Å². The smallest absolute Gasteiger partial charge is 0.314 e. The van der Waals surface area contributed by atoms with Gasteiger partial charge in [0.2, 0.25) is 0 Å². The zero-order valence-electron chi connectivity index (χ0n) is 12.7. The van der Waals surface area contributed by atoms with E-state index in [-0.39, 0.29) is 6.04 Å². The van der Waals surface area contributed by atoms with E-state index in [1.165, 1.54) is 4.90 Å². The lowest BCUT2D eigenvalue weighted by Crippen LogP contribution is -2.39. The number of unbranched alkanes of at least 4 members (excludes halogenated alkanes) is 1. The summed E-state index contributed by atoms with van der Waals surface area (Å²) < 4.78 is 37.2. The van der Waals surface area contributed by atoms with E-state index in [2.05, 4.69) is 19.2 Å². The Labute approximate surface area is 115 Å². The molecule has 1 atom stereocenters. The lowest BCUT2D eigenvalue weighted by atomic mass is 10.1. The molecule has 0 aromatic rings. The fourth-order valence-electron chi connectivity index (χ4n) is 2.01. The van der Waals surface area contributed by atoms with Crippen molar-refractivity contribution in [2.24, 2.45) is 0 Å². The van der Waals surface area contributed by atoms with Gasteiger partial charge >= 0.3 is 6.18 Å². The summed E-state index contributed by atoms with van der Waals surface area (Å²) in [6, 6.07) is 0.396. The summed E-state index contributed by atoms with van der Waals surface area (Å²) in [5.41, 5.74) is 0. The number of halogens is 3. The summed E-state index contributed by atoms with van der Waals surface area (Å²) >= 11 is 0. The summed E-state index contributed by atoms with van der Waals surface area (Å²) in [6.45, 7) is 8.62. The first-order valence-electron chi connectivity index (χ1n) is 7.30. The van der Waals surface area contributed by atoms with Gasteiger partial charge in [0.05, 0.1) is 6.54 Å². The minimum absolute atomic E-state index is 0.0581. The van der Waals surface area contributed by atoms with Crippen molar-refractivity contribution < 1.29 is 13.2 Å². The van der Waals surface area contributed by atoms with Gasteiger partial charge < -0.3 is 5.32 Å². The standard InChI is InChI=1S/C14H29F3N2/c1-5-9-18-13(4)8-6-7-10-19(12(2)3)11-14(15,16)17/h12-13,18H,5-11H2,1-4H3. The van der Waals surface area contributed by atoms with Crippen LogP contribution in [-0.4, -0.2) is 42.8 Å². The molecule has 0 fully saturated rings. The highest BCUT2D eigenvalue weighted by Gasteiger charge is 2.31. The van der Waals surface area contributed by atoms with Crippen LogP contribution in [0.25, 0.3) is 0 Å². The maximum absolute atomic E-state index is 12.4. The quantitative estimate of drug-likeness (QED) is 0.613. The molecule has 0 spiro atoms. The van der Waals surface area contributed by atoms with Crippen molar-refractivity contribution in [3.8, 4) is 0 Å².